The first-order chi connectivity index (χ1) is 3.93. The Morgan fingerprint density at radius 2 is 2.62 bits per heavy atom. The fourth-order valence-electron chi connectivity index (χ4n) is 1.06. The van der Waals surface area contributed by atoms with Crippen molar-refractivity contribution in [1.29, 1.82) is 0 Å². The molecule has 1 aliphatic rings. The van der Waals surface area contributed by atoms with E-state index in [9.17, 15) is 0 Å². The Morgan fingerprint density at radius 3 is 3.12 bits per heavy atom. The third-order valence-corrected chi connectivity index (χ3v) is 1.48. The first kappa shape index (κ1) is 5.83. The van der Waals surface area contributed by atoms with E-state index in [1.807, 2.05) is 0 Å². The van der Waals surface area contributed by atoms with Gasteiger partial charge in [-0.15, -0.1) is 0 Å². The highest BCUT2D eigenvalue weighted by Gasteiger charge is 2.04. The summed E-state index contributed by atoms with van der Waals surface area (Å²) in [4.78, 5) is 0. The molecule has 0 spiro atoms. The van der Waals surface area contributed by atoms with Crippen LogP contribution in [0.2, 0.25) is 0 Å². The monoisotopic (exact) mass is 111 g/mol. The zero-order valence-corrected chi connectivity index (χ0v) is 5.35. The van der Waals surface area contributed by atoms with E-state index < -0.39 is 0 Å². The van der Waals surface area contributed by atoms with E-state index in [1.165, 1.54) is 12.8 Å². The Bertz CT molecular complexity index is 86.4. The summed E-state index contributed by atoms with van der Waals surface area (Å²) in [6.45, 7) is 3.24. The van der Waals surface area contributed by atoms with Crippen LogP contribution in [0.15, 0.2) is 12.2 Å². The van der Waals surface area contributed by atoms with Crippen molar-refractivity contribution >= 4 is 0 Å². The van der Waals surface area contributed by atoms with Gasteiger partial charge in [0.05, 0.1) is 0 Å². The molecule has 1 atom stereocenters. The SMILES string of the molecule is CCNC1C=CCC1. The summed E-state index contributed by atoms with van der Waals surface area (Å²) in [6.07, 6.45) is 7.06. The first-order valence-electron chi connectivity index (χ1n) is 3.33. The van der Waals surface area contributed by atoms with E-state index in [1.54, 1.807) is 0 Å². The van der Waals surface area contributed by atoms with E-state index in [2.05, 4.69) is 24.4 Å². The van der Waals surface area contributed by atoms with Gasteiger partial charge in [-0.2, -0.15) is 0 Å². The predicted octanol–water partition coefficient (Wildman–Crippen LogP) is 1.31. The summed E-state index contributed by atoms with van der Waals surface area (Å²) < 4.78 is 0. The third kappa shape index (κ3) is 1.34. The van der Waals surface area contributed by atoms with Crippen LogP contribution in [-0.2, 0) is 0 Å². The molecule has 0 saturated carbocycles. The molecule has 1 N–H and O–H groups in total. The van der Waals surface area contributed by atoms with Crippen molar-refractivity contribution < 1.29 is 0 Å². The number of allylic oxidation sites excluding steroid dienone is 1. The van der Waals surface area contributed by atoms with Gasteiger partial charge in [0.2, 0.25) is 0 Å². The van der Waals surface area contributed by atoms with Crippen LogP contribution in [0, 0.1) is 0 Å². The van der Waals surface area contributed by atoms with Crippen molar-refractivity contribution in [2.24, 2.45) is 0 Å². The van der Waals surface area contributed by atoms with Crippen LogP contribution in [0.4, 0.5) is 0 Å². The second kappa shape index (κ2) is 2.88. The van der Waals surface area contributed by atoms with E-state index >= 15 is 0 Å². The molecular formula is C7H13N. The van der Waals surface area contributed by atoms with E-state index in [0.717, 1.165) is 6.54 Å². The van der Waals surface area contributed by atoms with E-state index in [0.29, 0.717) is 6.04 Å². The Labute approximate surface area is 50.8 Å². The standard InChI is InChI=1S/C7H13N/c1-2-8-7-5-3-4-6-7/h3,5,7-8H,2,4,6H2,1H3. The maximum Gasteiger partial charge on any atom is 0.0252 e. The number of hydrogen-bond donors (Lipinski definition) is 1. The molecule has 0 aromatic heterocycles. The quantitative estimate of drug-likeness (QED) is 0.530. The Hall–Kier alpha value is -0.300. The molecule has 0 fully saturated rings. The summed E-state index contributed by atoms with van der Waals surface area (Å²) in [5.74, 6) is 0. The molecule has 8 heavy (non-hydrogen) atoms. The maximum absolute atomic E-state index is 3.36. The lowest BCUT2D eigenvalue weighted by molar-refractivity contribution is 0.604. The Balaban J connectivity index is 2.16. The highest BCUT2D eigenvalue weighted by Crippen LogP contribution is 2.07. The summed E-state index contributed by atoms with van der Waals surface area (Å²) in [6, 6.07) is 0.681. The van der Waals surface area contributed by atoms with Gasteiger partial charge in [0.25, 0.3) is 0 Å². The maximum atomic E-state index is 3.36. The molecule has 0 amide bonds. The molecule has 1 unspecified atom stereocenters. The fraction of sp³-hybridized carbons (Fsp3) is 0.714. The van der Waals surface area contributed by atoms with Crippen LogP contribution < -0.4 is 5.32 Å². The Morgan fingerprint density at radius 1 is 1.75 bits per heavy atom. The van der Waals surface area contributed by atoms with Crippen molar-refractivity contribution in [2.75, 3.05) is 6.54 Å². The zero-order valence-electron chi connectivity index (χ0n) is 5.35. The highest BCUT2D eigenvalue weighted by atomic mass is 14.9. The summed E-state index contributed by atoms with van der Waals surface area (Å²) >= 11 is 0. The molecule has 0 aromatic rings. The second-order valence-electron chi connectivity index (χ2n) is 2.17. The number of hydrogen-bond acceptors (Lipinski definition) is 1. The predicted molar refractivity (Wildman–Crippen MR) is 35.8 cm³/mol. The number of nitrogens with one attached hydrogen (secondary N) is 1. The van der Waals surface area contributed by atoms with Gasteiger partial charge in [0.15, 0.2) is 0 Å². The van der Waals surface area contributed by atoms with Gasteiger partial charge in [-0.3, -0.25) is 0 Å². The molecule has 1 heteroatoms. The molecule has 0 heterocycles. The lowest BCUT2D eigenvalue weighted by Gasteiger charge is -2.05. The second-order valence-corrected chi connectivity index (χ2v) is 2.17. The summed E-state index contributed by atoms with van der Waals surface area (Å²) in [5, 5.41) is 3.36. The topological polar surface area (TPSA) is 12.0 Å². The molecule has 0 aliphatic heterocycles. The average molecular weight is 111 g/mol. The highest BCUT2D eigenvalue weighted by molar-refractivity contribution is 5.00. The van der Waals surface area contributed by atoms with Crippen LogP contribution in [0.1, 0.15) is 19.8 Å². The molecule has 46 valence electrons. The zero-order chi connectivity index (χ0) is 5.82. The summed E-state index contributed by atoms with van der Waals surface area (Å²) in [5.41, 5.74) is 0. The van der Waals surface area contributed by atoms with Crippen LogP contribution in [0.3, 0.4) is 0 Å². The largest absolute Gasteiger partial charge is 0.311 e. The van der Waals surface area contributed by atoms with Gasteiger partial charge in [0, 0.05) is 6.04 Å². The summed E-state index contributed by atoms with van der Waals surface area (Å²) in [7, 11) is 0. The van der Waals surface area contributed by atoms with E-state index in [-0.39, 0.29) is 0 Å². The van der Waals surface area contributed by atoms with Gasteiger partial charge in [-0.25, -0.2) is 0 Å². The average Bonchev–Trinajstić information content (AvgIpc) is 2.19. The number of rotatable bonds is 2. The van der Waals surface area contributed by atoms with Gasteiger partial charge < -0.3 is 5.32 Å². The van der Waals surface area contributed by atoms with Crippen molar-refractivity contribution in [2.45, 2.75) is 25.8 Å². The third-order valence-electron chi connectivity index (χ3n) is 1.48. The van der Waals surface area contributed by atoms with Gasteiger partial charge >= 0.3 is 0 Å². The molecule has 0 radical (unpaired) electrons. The van der Waals surface area contributed by atoms with Crippen molar-refractivity contribution in [3.63, 3.8) is 0 Å². The lowest BCUT2D eigenvalue weighted by Crippen LogP contribution is -2.24. The van der Waals surface area contributed by atoms with Crippen molar-refractivity contribution in [1.82, 2.24) is 5.32 Å². The lowest BCUT2D eigenvalue weighted by atomic mass is 10.3. The molecule has 1 aliphatic carbocycles. The van der Waals surface area contributed by atoms with Gasteiger partial charge in [-0.1, -0.05) is 19.1 Å². The normalized spacial score (nSPS) is 26.9. The van der Waals surface area contributed by atoms with Gasteiger partial charge in [-0.05, 0) is 19.4 Å². The minimum atomic E-state index is 0.681. The van der Waals surface area contributed by atoms with Crippen LogP contribution in [0.25, 0.3) is 0 Å². The molecule has 0 saturated heterocycles. The smallest absolute Gasteiger partial charge is 0.0252 e. The molecule has 1 nitrogen and oxygen atoms in total. The fourth-order valence-corrected chi connectivity index (χ4v) is 1.06. The molecule has 0 bridgehead atoms. The Kier molecular flexibility index (Phi) is 2.10. The van der Waals surface area contributed by atoms with Crippen molar-refractivity contribution in [3.8, 4) is 0 Å². The van der Waals surface area contributed by atoms with Gasteiger partial charge in [0.1, 0.15) is 0 Å². The number of likely N-dealkylation sites (N-methyl/N-ethyl adjacent to an activating group) is 1. The molecular weight excluding hydrogens is 98.1 g/mol. The molecule has 1 rings (SSSR count). The minimum Gasteiger partial charge on any atom is -0.311 e. The first-order valence-corrected chi connectivity index (χ1v) is 3.33. The van der Waals surface area contributed by atoms with Crippen LogP contribution in [0.5, 0.6) is 0 Å². The van der Waals surface area contributed by atoms with E-state index in [4.69, 9.17) is 0 Å². The minimum absolute atomic E-state index is 0.681. The molecule has 0 aromatic carbocycles. The van der Waals surface area contributed by atoms with Crippen LogP contribution >= 0.6 is 0 Å². The van der Waals surface area contributed by atoms with Crippen LogP contribution in [-0.4, -0.2) is 12.6 Å². The van der Waals surface area contributed by atoms with Crippen molar-refractivity contribution in [3.05, 3.63) is 12.2 Å².